The van der Waals surface area contributed by atoms with E-state index in [1.165, 1.54) is 31.4 Å². The van der Waals surface area contributed by atoms with Crippen LogP contribution in [0.2, 0.25) is 0 Å². The van der Waals surface area contributed by atoms with Crippen LogP contribution in [0, 0.1) is 0 Å². The largest absolute Gasteiger partial charge is 0.494 e. The fraction of sp³-hybridized carbons (Fsp3) is 0.286. The summed E-state index contributed by atoms with van der Waals surface area (Å²) in [4.78, 5) is 35.9. The summed E-state index contributed by atoms with van der Waals surface area (Å²) >= 11 is 0. The maximum absolute atomic E-state index is 12.3. The van der Waals surface area contributed by atoms with Gasteiger partial charge in [0.25, 0.3) is 0 Å². The summed E-state index contributed by atoms with van der Waals surface area (Å²) in [5.74, 6) is -0.317. The highest BCUT2D eigenvalue weighted by Crippen LogP contribution is 2.15. The number of rotatable bonds is 9. The van der Waals surface area contributed by atoms with Gasteiger partial charge in [0, 0.05) is 11.1 Å². The van der Waals surface area contributed by atoms with Gasteiger partial charge in [-0.1, -0.05) is 25.5 Å². The van der Waals surface area contributed by atoms with E-state index in [0.717, 1.165) is 12.8 Å². The summed E-state index contributed by atoms with van der Waals surface area (Å²) in [6.07, 6.45) is 1.80. The van der Waals surface area contributed by atoms with Crippen LogP contribution in [0.25, 0.3) is 0 Å². The number of ether oxygens (including phenoxy) is 2. The minimum Gasteiger partial charge on any atom is -0.494 e. The van der Waals surface area contributed by atoms with Gasteiger partial charge in [-0.25, -0.2) is 4.79 Å². The van der Waals surface area contributed by atoms with E-state index in [9.17, 15) is 14.4 Å². The Morgan fingerprint density at radius 2 is 1.31 bits per heavy atom. The number of carbonyl (C=O) groups excluding carboxylic acids is 3. The second-order valence-corrected chi connectivity index (χ2v) is 5.82. The van der Waals surface area contributed by atoms with E-state index in [4.69, 9.17) is 4.74 Å². The van der Waals surface area contributed by atoms with Crippen molar-refractivity contribution in [3.63, 3.8) is 0 Å². The Bertz CT molecular complexity index is 760. The van der Waals surface area contributed by atoms with Crippen LogP contribution in [0.5, 0.6) is 5.75 Å². The summed E-state index contributed by atoms with van der Waals surface area (Å²) < 4.78 is 10.2. The third-order valence-corrected chi connectivity index (χ3v) is 3.89. The molecular weight excluding hydrogens is 332 g/mol. The van der Waals surface area contributed by atoms with Gasteiger partial charge >= 0.3 is 5.97 Å². The second-order valence-electron chi connectivity index (χ2n) is 5.82. The third kappa shape index (κ3) is 5.28. The van der Waals surface area contributed by atoms with Gasteiger partial charge in [-0.3, -0.25) is 9.59 Å². The number of carbonyl (C=O) groups is 3. The van der Waals surface area contributed by atoms with Gasteiger partial charge in [0.05, 0.1) is 25.7 Å². The molecule has 5 heteroatoms. The average molecular weight is 354 g/mol. The lowest BCUT2D eigenvalue weighted by atomic mass is 10.0. The SMILES string of the molecule is CCCCOc1ccc(C(=O)CC(=O)c2ccc(C(=O)OC)cc2)cc1. The van der Waals surface area contributed by atoms with Crippen molar-refractivity contribution in [3.05, 3.63) is 65.2 Å². The Kier molecular flexibility index (Phi) is 7.09. The standard InChI is InChI=1S/C21H22O5/c1-3-4-13-26-18-11-9-16(10-12-18)20(23)14-19(22)15-5-7-17(8-6-15)21(24)25-2/h5-12H,3-4,13-14H2,1-2H3. The van der Waals surface area contributed by atoms with Gasteiger partial charge in [-0.15, -0.1) is 0 Å². The molecule has 0 unspecified atom stereocenters. The summed E-state index contributed by atoms with van der Waals surface area (Å²) in [5.41, 5.74) is 1.20. The van der Waals surface area contributed by atoms with Crippen molar-refractivity contribution in [2.24, 2.45) is 0 Å². The molecule has 0 radical (unpaired) electrons. The molecule has 26 heavy (non-hydrogen) atoms. The van der Waals surface area contributed by atoms with Gasteiger partial charge in [-0.2, -0.15) is 0 Å². The van der Waals surface area contributed by atoms with Gasteiger partial charge in [-0.05, 0) is 42.8 Å². The van der Waals surface area contributed by atoms with E-state index in [-0.39, 0.29) is 18.0 Å². The Labute approximate surface area is 152 Å². The van der Waals surface area contributed by atoms with Crippen molar-refractivity contribution in [2.75, 3.05) is 13.7 Å². The van der Waals surface area contributed by atoms with Crippen molar-refractivity contribution < 1.29 is 23.9 Å². The topological polar surface area (TPSA) is 69.7 Å². The molecule has 136 valence electrons. The quantitative estimate of drug-likeness (QED) is 0.293. The second kappa shape index (κ2) is 9.51. The summed E-state index contributed by atoms with van der Waals surface area (Å²) in [6, 6.07) is 12.8. The lowest BCUT2D eigenvalue weighted by Gasteiger charge is -2.06. The van der Waals surface area contributed by atoms with E-state index >= 15 is 0 Å². The maximum atomic E-state index is 12.3. The van der Waals surface area contributed by atoms with Gasteiger partial charge in [0.1, 0.15) is 5.75 Å². The first-order valence-corrected chi connectivity index (χ1v) is 8.52. The predicted octanol–water partition coefficient (Wildman–Crippen LogP) is 4.11. The third-order valence-electron chi connectivity index (χ3n) is 3.89. The predicted molar refractivity (Wildman–Crippen MR) is 97.9 cm³/mol. The molecule has 0 heterocycles. The van der Waals surface area contributed by atoms with Gasteiger partial charge < -0.3 is 9.47 Å². The molecule has 0 bridgehead atoms. The van der Waals surface area contributed by atoms with Crippen LogP contribution < -0.4 is 4.74 Å². The van der Waals surface area contributed by atoms with Crippen LogP contribution in [-0.2, 0) is 4.74 Å². The summed E-state index contributed by atoms with van der Waals surface area (Å²) in [6.45, 7) is 2.73. The fourth-order valence-electron chi connectivity index (χ4n) is 2.33. The first kappa shape index (κ1) is 19.4. The molecule has 0 aliphatic heterocycles. The van der Waals surface area contributed by atoms with Gasteiger partial charge in [0.2, 0.25) is 0 Å². The van der Waals surface area contributed by atoms with Crippen LogP contribution in [0.1, 0.15) is 57.3 Å². The van der Waals surface area contributed by atoms with Crippen molar-refractivity contribution in [2.45, 2.75) is 26.2 Å². The van der Waals surface area contributed by atoms with Crippen molar-refractivity contribution >= 4 is 17.5 Å². The van der Waals surface area contributed by atoms with Crippen molar-refractivity contribution in [3.8, 4) is 5.75 Å². The summed E-state index contributed by atoms with van der Waals surface area (Å²) in [5, 5.41) is 0. The smallest absolute Gasteiger partial charge is 0.337 e. The molecule has 2 rings (SSSR count). The first-order chi connectivity index (χ1) is 12.5. The zero-order valence-corrected chi connectivity index (χ0v) is 15.0. The molecule has 0 amide bonds. The minimum absolute atomic E-state index is 0.229. The highest BCUT2D eigenvalue weighted by molar-refractivity contribution is 6.13. The Morgan fingerprint density at radius 3 is 1.81 bits per heavy atom. The first-order valence-electron chi connectivity index (χ1n) is 8.52. The number of Topliss-reactive ketones (excluding diaryl/α,β-unsaturated/α-hetero) is 2. The number of methoxy groups -OCH3 is 1. The van der Waals surface area contributed by atoms with Crippen LogP contribution in [-0.4, -0.2) is 31.3 Å². The highest BCUT2D eigenvalue weighted by atomic mass is 16.5. The lowest BCUT2D eigenvalue weighted by Crippen LogP contribution is -2.09. The normalized spacial score (nSPS) is 10.2. The monoisotopic (exact) mass is 354 g/mol. The molecule has 0 atom stereocenters. The number of esters is 1. The lowest BCUT2D eigenvalue weighted by molar-refractivity contribution is 0.0600. The molecule has 0 aliphatic carbocycles. The molecule has 0 saturated carbocycles. The van der Waals surface area contributed by atoms with Crippen LogP contribution in [0.3, 0.4) is 0 Å². The van der Waals surface area contributed by atoms with E-state index in [1.807, 2.05) is 0 Å². The number of unbranched alkanes of at least 4 members (excludes halogenated alkanes) is 1. The van der Waals surface area contributed by atoms with E-state index in [2.05, 4.69) is 11.7 Å². The zero-order chi connectivity index (χ0) is 18.9. The summed E-state index contributed by atoms with van der Waals surface area (Å²) in [7, 11) is 1.29. The van der Waals surface area contributed by atoms with Crippen molar-refractivity contribution in [1.82, 2.24) is 0 Å². The van der Waals surface area contributed by atoms with E-state index < -0.39 is 5.97 Å². The number of ketones is 2. The number of hydrogen-bond acceptors (Lipinski definition) is 5. The van der Waals surface area contributed by atoms with Crippen LogP contribution >= 0.6 is 0 Å². The van der Waals surface area contributed by atoms with Crippen molar-refractivity contribution in [1.29, 1.82) is 0 Å². The van der Waals surface area contributed by atoms with Crippen LogP contribution in [0.4, 0.5) is 0 Å². The Hall–Kier alpha value is -2.95. The molecule has 2 aromatic rings. The van der Waals surface area contributed by atoms with E-state index in [1.54, 1.807) is 24.3 Å². The van der Waals surface area contributed by atoms with Gasteiger partial charge in [0.15, 0.2) is 11.6 Å². The average Bonchev–Trinajstić information content (AvgIpc) is 2.68. The van der Waals surface area contributed by atoms with Crippen LogP contribution in [0.15, 0.2) is 48.5 Å². The molecule has 0 aromatic heterocycles. The molecule has 0 aliphatic rings. The molecule has 5 nitrogen and oxygen atoms in total. The highest BCUT2D eigenvalue weighted by Gasteiger charge is 2.15. The zero-order valence-electron chi connectivity index (χ0n) is 15.0. The number of benzene rings is 2. The molecule has 0 saturated heterocycles. The Morgan fingerprint density at radius 1 is 0.808 bits per heavy atom. The fourth-order valence-corrected chi connectivity index (χ4v) is 2.33. The molecule has 0 fully saturated rings. The minimum atomic E-state index is -0.471. The molecule has 0 N–H and O–H groups in total. The molecular formula is C21H22O5. The number of hydrogen-bond donors (Lipinski definition) is 0. The Balaban J connectivity index is 1.96. The maximum Gasteiger partial charge on any atom is 0.337 e. The molecule has 2 aromatic carbocycles. The molecule has 0 spiro atoms. The van der Waals surface area contributed by atoms with E-state index in [0.29, 0.717) is 29.0 Å².